The Morgan fingerprint density at radius 2 is 1.81 bits per heavy atom. The molecule has 0 bridgehead atoms. The lowest BCUT2D eigenvalue weighted by Crippen LogP contribution is -2.48. The zero-order chi connectivity index (χ0) is 26.3. The van der Waals surface area contributed by atoms with Gasteiger partial charge in [0.2, 0.25) is 0 Å². The summed E-state index contributed by atoms with van der Waals surface area (Å²) in [4.78, 5) is 6.88. The first-order valence-corrected chi connectivity index (χ1v) is 12.8. The van der Waals surface area contributed by atoms with Gasteiger partial charge in [-0.2, -0.15) is 0 Å². The molecule has 5 rings (SSSR count). The molecule has 1 fully saturated rings. The van der Waals surface area contributed by atoms with E-state index in [0.717, 1.165) is 28.6 Å². The molecule has 1 saturated heterocycles. The first-order chi connectivity index (χ1) is 17.8. The summed E-state index contributed by atoms with van der Waals surface area (Å²) in [7, 11) is 0. The lowest BCUT2D eigenvalue weighted by molar-refractivity contribution is 0.0360. The molecule has 2 aromatic carbocycles. The van der Waals surface area contributed by atoms with Gasteiger partial charge in [-0.3, -0.25) is 9.29 Å². The normalized spacial score (nSPS) is 22.7. The number of rotatable bonds is 9. The van der Waals surface area contributed by atoms with Gasteiger partial charge < -0.3 is 15.0 Å². The van der Waals surface area contributed by atoms with Crippen molar-refractivity contribution in [2.24, 2.45) is 5.92 Å². The monoisotopic (exact) mass is 521 g/mol. The van der Waals surface area contributed by atoms with Crippen molar-refractivity contribution in [3.63, 3.8) is 0 Å². The summed E-state index contributed by atoms with van der Waals surface area (Å²) in [6.07, 6.45) is -2.21. The molecule has 200 valence electrons. The van der Waals surface area contributed by atoms with Gasteiger partial charge in [-0.25, -0.2) is 17.6 Å². The number of aromatic amines is 1. The average molecular weight is 522 g/mol. The van der Waals surface area contributed by atoms with Crippen molar-refractivity contribution in [2.75, 3.05) is 39.5 Å². The van der Waals surface area contributed by atoms with E-state index >= 15 is 13.2 Å². The van der Waals surface area contributed by atoms with Crippen molar-refractivity contribution >= 4 is 10.9 Å². The van der Waals surface area contributed by atoms with E-state index in [9.17, 15) is 13.9 Å². The number of fused-ring (bicyclic) bond motifs is 3. The van der Waals surface area contributed by atoms with Crippen molar-refractivity contribution in [3.8, 4) is 0 Å². The summed E-state index contributed by atoms with van der Waals surface area (Å²) < 4.78 is 73.4. The number of aromatic nitrogens is 1. The molecule has 0 saturated carbocycles. The number of hydrogen-bond donors (Lipinski definition) is 2. The quantitative estimate of drug-likeness (QED) is 0.370. The van der Waals surface area contributed by atoms with Gasteiger partial charge in [0, 0.05) is 60.3 Å². The van der Waals surface area contributed by atoms with E-state index in [0.29, 0.717) is 38.2 Å². The third-order valence-corrected chi connectivity index (χ3v) is 7.82. The number of halogens is 5. The van der Waals surface area contributed by atoms with E-state index in [4.69, 9.17) is 0 Å². The Labute approximate surface area is 213 Å². The molecule has 4 nitrogen and oxygen atoms in total. The zero-order valence-electron chi connectivity index (χ0n) is 20.7. The molecule has 4 atom stereocenters. The smallest absolute Gasteiger partial charge is 0.136 e. The van der Waals surface area contributed by atoms with E-state index in [-0.39, 0.29) is 23.7 Å². The third-order valence-electron chi connectivity index (χ3n) is 7.82. The number of aliphatic hydroxyl groups is 1. The molecule has 0 spiro atoms. The van der Waals surface area contributed by atoms with Crippen LogP contribution in [0.4, 0.5) is 22.0 Å². The maximum atomic E-state index is 15.7. The predicted molar refractivity (Wildman–Crippen MR) is 133 cm³/mol. The zero-order valence-corrected chi connectivity index (χ0v) is 20.7. The van der Waals surface area contributed by atoms with Gasteiger partial charge in [0.15, 0.2) is 0 Å². The van der Waals surface area contributed by atoms with E-state index in [1.807, 2.05) is 36.1 Å². The van der Waals surface area contributed by atoms with Crippen LogP contribution in [0.5, 0.6) is 0 Å². The summed E-state index contributed by atoms with van der Waals surface area (Å²) in [6, 6.07) is 8.43. The van der Waals surface area contributed by atoms with E-state index in [1.54, 1.807) is 4.90 Å². The van der Waals surface area contributed by atoms with Crippen LogP contribution in [-0.4, -0.2) is 71.6 Å². The van der Waals surface area contributed by atoms with Crippen molar-refractivity contribution in [3.05, 3.63) is 70.4 Å². The molecule has 2 N–H and O–H groups in total. The second-order valence-electron chi connectivity index (χ2n) is 10.4. The molecule has 37 heavy (non-hydrogen) atoms. The van der Waals surface area contributed by atoms with Crippen LogP contribution in [0, 0.1) is 17.6 Å². The number of alkyl halides is 3. The van der Waals surface area contributed by atoms with Crippen molar-refractivity contribution in [2.45, 2.75) is 44.2 Å². The highest BCUT2D eigenvalue weighted by atomic mass is 19.1. The summed E-state index contributed by atoms with van der Waals surface area (Å²) in [5, 5.41) is 10.3. The minimum Gasteiger partial charge on any atom is -0.393 e. The van der Waals surface area contributed by atoms with Crippen molar-refractivity contribution < 1.29 is 27.1 Å². The summed E-state index contributed by atoms with van der Waals surface area (Å²) >= 11 is 0. The number of H-pyrrole nitrogens is 1. The van der Waals surface area contributed by atoms with Gasteiger partial charge in [-0.1, -0.05) is 18.2 Å². The van der Waals surface area contributed by atoms with E-state index in [1.165, 1.54) is 0 Å². The SMILES string of the molecule is C[C@@H]1Cc2c([nH]c3ccccc23)[C@@H](c2c(F)cc([C@H](F)C3CN(CCCF)C3)cc2F)N1C[C@@H](F)CO. The molecule has 2 aliphatic heterocycles. The average Bonchev–Trinajstić information content (AvgIpc) is 3.22. The Balaban J connectivity index is 1.51. The highest BCUT2D eigenvalue weighted by Crippen LogP contribution is 2.43. The van der Waals surface area contributed by atoms with Crippen LogP contribution in [0.3, 0.4) is 0 Å². The first kappa shape index (κ1) is 26.1. The van der Waals surface area contributed by atoms with Crippen LogP contribution in [0.1, 0.15) is 47.9 Å². The van der Waals surface area contributed by atoms with Crippen LogP contribution in [-0.2, 0) is 6.42 Å². The first-order valence-electron chi connectivity index (χ1n) is 12.8. The second-order valence-corrected chi connectivity index (χ2v) is 10.4. The molecule has 3 aromatic rings. The molecule has 0 aliphatic carbocycles. The summed E-state index contributed by atoms with van der Waals surface area (Å²) in [6.45, 7) is 1.89. The van der Waals surface area contributed by atoms with Gasteiger partial charge >= 0.3 is 0 Å². The molecule has 0 amide bonds. The summed E-state index contributed by atoms with van der Waals surface area (Å²) in [5.74, 6) is -2.19. The fraction of sp³-hybridized carbons (Fsp3) is 0.500. The number of aliphatic hydroxyl groups excluding tert-OH is 1. The van der Waals surface area contributed by atoms with Gasteiger partial charge in [0.05, 0.1) is 19.3 Å². The highest BCUT2D eigenvalue weighted by molar-refractivity contribution is 5.85. The van der Waals surface area contributed by atoms with E-state index < -0.39 is 49.2 Å². The van der Waals surface area contributed by atoms with E-state index in [2.05, 4.69) is 4.98 Å². The fourth-order valence-electron chi connectivity index (χ4n) is 5.95. The largest absolute Gasteiger partial charge is 0.393 e. The van der Waals surface area contributed by atoms with Gasteiger partial charge in [-0.15, -0.1) is 0 Å². The molecule has 9 heteroatoms. The predicted octanol–water partition coefficient (Wildman–Crippen LogP) is 5.41. The Bertz CT molecular complexity index is 1220. The summed E-state index contributed by atoms with van der Waals surface area (Å²) in [5.41, 5.74) is 1.97. The molecule has 3 heterocycles. The van der Waals surface area contributed by atoms with Crippen molar-refractivity contribution in [1.82, 2.24) is 14.8 Å². The minimum absolute atomic E-state index is 0.0695. The van der Waals surface area contributed by atoms with Gasteiger partial charge in [0.1, 0.15) is 24.0 Å². The van der Waals surface area contributed by atoms with Crippen LogP contribution < -0.4 is 0 Å². The highest BCUT2D eigenvalue weighted by Gasteiger charge is 2.41. The maximum Gasteiger partial charge on any atom is 0.136 e. The Morgan fingerprint density at radius 1 is 1.11 bits per heavy atom. The molecular formula is C28H32F5N3O. The van der Waals surface area contributed by atoms with Crippen molar-refractivity contribution in [1.29, 1.82) is 0 Å². The van der Waals surface area contributed by atoms with Crippen LogP contribution in [0.2, 0.25) is 0 Å². The Hall–Kier alpha value is -2.49. The fourth-order valence-corrected chi connectivity index (χ4v) is 5.95. The Kier molecular flexibility index (Phi) is 7.56. The third kappa shape index (κ3) is 4.89. The molecule has 2 aliphatic rings. The lowest BCUT2D eigenvalue weighted by Gasteiger charge is -2.42. The molecular weight excluding hydrogens is 489 g/mol. The van der Waals surface area contributed by atoms with Gasteiger partial charge in [0.25, 0.3) is 0 Å². The number of hydrogen-bond acceptors (Lipinski definition) is 3. The van der Waals surface area contributed by atoms with Crippen LogP contribution in [0.15, 0.2) is 36.4 Å². The molecule has 0 unspecified atom stereocenters. The molecule has 0 radical (unpaired) electrons. The maximum absolute atomic E-state index is 15.7. The Morgan fingerprint density at radius 3 is 2.49 bits per heavy atom. The minimum atomic E-state index is -1.59. The van der Waals surface area contributed by atoms with Crippen LogP contribution >= 0.6 is 0 Å². The standard InChI is InChI=1S/C28H32F5N3O/c1-16-9-21-20-5-2-3-6-24(20)34-27(21)28(36(16)14-19(30)15-37)25-22(31)10-17(11-23(25)32)26(33)18-12-35(13-18)8-4-7-29/h2-3,5-6,10-11,16,18-19,26,28,34,37H,4,7-9,12-15H2,1H3/t16-,19-,26+,28-/m1/s1. The number of nitrogens with one attached hydrogen (secondary N) is 1. The second kappa shape index (κ2) is 10.7. The number of nitrogens with zero attached hydrogens (tertiary/aromatic N) is 2. The molecule has 1 aromatic heterocycles. The van der Waals surface area contributed by atoms with Gasteiger partial charge in [-0.05, 0) is 49.1 Å². The number of para-hydroxylation sites is 1. The van der Waals surface area contributed by atoms with Crippen LogP contribution in [0.25, 0.3) is 10.9 Å². The topological polar surface area (TPSA) is 42.5 Å². The lowest BCUT2D eigenvalue weighted by atomic mass is 9.85. The number of likely N-dealkylation sites (tertiary alicyclic amines) is 1. The number of benzene rings is 2.